The Bertz CT molecular complexity index is 185. The maximum Gasteiger partial charge on any atom is 0.328 e. The number of carboxylic acids is 1. The molecule has 0 aliphatic rings. The summed E-state index contributed by atoms with van der Waals surface area (Å²) in [5.74, 6) is -0.189. The molecule has 0 amide bonds. The van der Waals surface area contributed by atoms with Gasteiger partial charge in [0.25, 0.3) is 0 Å². The largest absolute Gasteiger partial charge is 0.501 e. The third-order valence-corrected chi connectivity index (χ3v) is 1.61. The Morgan fingerprint density at radius 1 is 1.46 bits per heavy atom. The molecule has 3 nitrogen and oxygen atoms in total. The van der Waals surface area contributed by atoms with Crippen LogP contribution in [-0.4, -0.2) is 18.2 Å². The zero-order valence-corrected chi connectivity index (χ0v) is 9.22. The van der Waals surface area contributed by atoms with Crippen molar-refractivity contribution in [1.29, 1.82) is 0 Å². The number of carbonyl (C=O) groups is 1. The first-order valence-corrected chi connectivity index (χ1v) is 4.87. The summed E-state index contributed by atoms with van der Waals surface area (Å²) < 4.78 is 4.82. The minimum absolute atomic E-state index is 0.755. The molecule has 76 valence electrons. The van der Waals surface area contributed by atoms with Crippen molar-refractivity contribution < 1.29 is 14.6 Å². The number of carboxylic acid groups (broad SMARTS) is 1. The molecule has 1 N–H and O–H groups in total. The molecule has 4 heteroatoms. The molecule has 0 rings (SSSR count). The predicted molar refractivity (Wildman–Crippen MR) is 56.5 cm³/mol. The summed E-state index contributed by atoms with van der Waals surface area (Å²) in [7, 11) is 1.56. The highest BCUT2D eigenvalue weighted by Crippen LogP contribution is 2.07. The number of rotatable bonds is 4. The lowest BCUT2D eigenvalue weighted by atomic mass is 10.7. The Morgan fingerprint density at radius 2 is 2.00 bits per heavy atom. The average molecular weight is 204 g/mol. The third kappa shape index (κ3) is 14.0. The van der Waals surface area contributed by atoms with Gasteiger partial charge in [0.1, 0.15) is 0 Å². The summed E-state index contributed by atoms with van der Waals surface area (Å²) in [4.78, 5) is 9.96. The summed E-state index contributed by atoms with van der Waals surface area (Å²) in [5.41, 5.74) is 0. The second-order valence-corrected chi connectivity index (χ2v) is 2.49. The predicted octanol–water partition coefficient (Wildman–Crippen LogP) is 2.85. The molecule has 0 saturated carbocycles. The van der Waals surface area contributed by atoms with Crippen LogP contribution < -0.4 is 0 Å². The van der Waals surface area contributed by atoms with Crippen LogP contribution >= 0.6 is 11.8 Å². The van der Waals surface area contributed by atoms with Gasteiger partial charge in [-0.15, -0.1) is 11.8 Å². The molecule has 0 bridgehead atoms. The molecule has 0 radical (unpaired) electrons. The molecule has 0 atom stereocenters. The lowest BCUT2D eigenvalue weighted by molar-refractivity contribution is -0.131. The summed E-state index contributed by atoms with van der Waals surface area (Å²) in [5, 5.41) is 11.4. The van der Waals surface area contributed by atoms with E-state index >= 15 is 0 Å². The maximum absolute atomic E-state index is 9.96. The van der Waals surface area contributed by atoms with Gasteiger partial charge in [0, 0.05) is 11.5 Å². The molecule has 0 fully saturated rings. The van der Waals surface area contributed by atoms with E-state index in [0.717, 1.165) is 11.8 Å². The van der Waals surface area contributed by atoms with Crippen molar-refractivity contribution in [2.75, 3.05) is 7.11 Å². The third-order valence-electron chi connectivity index (χ3n) is 0.845. The highest BCUT2D eigenvalue weighted by atomic mass is 32.2. The van der Waals surface area contributed by atoms with Gasteiger partial charge in [0.05, 0.1) is 12.9 Å². The number of hydrogen-bond donors (Lipinski definition) is 1. The van der Waals surface area contributed by atoms with E-state index in [-0.39, 0.29) is 0 Å². The molecular formula is C9H16O3S. The van der Waals surface area contributed by atoms with Crippen LogP contribution in [0.4, 0.5) is 0 Å². The molecule has 0 unspecified atom stereocenters. The Hall–Kier alpha value is -0.900. The van der Waals surface area contributed by atoms with Crippen LogP contribution in [-0.2, 0) is 9.53 Å². The number of aliphatic carboxylic acids is 1. The summed E-state index contributed by atoms with van der Waals surface area (Å²) in [6.45, 7) is 5.79. The first kappa shape index (κ1) is 14.6. The zero-order chi connectivity index (χ0) is 10.7. The Kier molecular flexibility index (Phi) is 12.5. The van der Waals surface area contributed by atoms with Crippen LogP contribution in [0.15, 0.2) is 22.7 Å². The topological polar surface area (TPSA) is 46.5 Å². The van der Waals surface area contributed by atoms with Gasteiger partial charge in [-0.3, -0.25) is 0 Å². The van der Waals surface area contributed by atoms with Crippen molar-refractivity contribution in [3.05, 3.63) is 22.7 Å². The number of allylic oxidation sites excluding steroid dienone is 1. The first-order valence-electron chi connectivity index (χ1n) is 3.92. The van der Waals surface area contributed by atoms with E-state index in [4.69, 9.17) is 9.84 Å². The van der Waals surface area contributed by atoms with Crippen molar-refractivity contribution in [1.82, 2.24) is 0 Å². The van der Waals surface area contributed by atoms with Gasteiger partial charge in [-0.1, -0.05) is 13.8 Å². The van der Waals surface area contributed by atoms with Crippen LogP contribution in [0.5, 0.6) is 0 Å². The molecule has 0 spiro atoms. The van der Waals surface area contributed by atoms with E-state index in [1.54, 1.807) is 19.4 Å². The molecule has 0 aliphatic heterocycles. The quantitative estimate of drug-likeness (QED) is 0.565. The van der Waals surface area contributed by atoms with E-state index in [9.17, 15) is 4.79 Å². The number of methoxy groups -OCH3 is 1. The highest BCUT2D eigenvalue weighted by molar-refractivity contribution is 8.04. The summed E-state index contributed by atoms with van der Waals surface area (Å²) in [6, 6.07) is 0. The van der Waals surface area contributed by atoms with Crippen molar-refractivity contribution in [3.8, 4) is 0 Å². The fourth-order valence-corrected chi connectivity index (χ4v) is 0.842. The lowest BCUT2D eigenvalue weighted by Gasteiger charge is -1.94. The molecule has 0 saturated heterocycles. The number of ether oxygens (including phenoxy) is 1. The second-order valence-electron chi connectivity index (χ2n) is 1.71. The normalized spacial score (nSPS) is 10.6. The number of hydrogen-bond acceptors (Lipinski definition) is 3. The first-order chi connectivity index (χ1) is 6.16. The van der Waals surface area contributed by atoms with Crippen molar-refractivity contribution in [3.63, 3.8) is 0 Å². The minimum Gasteiger partial charge on any atom is -0.501 e. The van der Waals surface area contributed by atoms with Crippen molar-refractivity contribution in [2.24, 2.45) is 0 Å². The van der Waals surface area contributed by atoms with E-state index in [2.05, 4.69) is 0 Å². The van der Waals surface area contributed by atoms with Gasteiger partial charge in [0.2, 0.25) is 0 Å². The number of thioether (sulfide) groups is 1. The van der Waals surface area contributed by atoms with E-state index < -0.39 is 5.97 Å². The smallest absolute Gasteiger partial charge is 0.328 e. The van der Waals surface area contributed by atoms with Gasteiger partial charge in [-0.25, -0.2) is 4.79 Å². The van der Waals surface area contributed by atoms with Gasteiger partial charge in [-0.05, 0) is 12.3 Å². The molecule has 0 heterocycles. The van der Waals surface area contributed by atoms with Gasteiger partial charge < -0.3 is 9.84 Å². The molecule has 0 aromatic carbocycles. The van der Waals surface area contributed by atoms with Crippen LogP contribution in [0.3, 0.4) is 0 Å². The zero-order valence-electron chi connectivity index (χ0n) is 8.40. The van der Waals surface area contributed by atoms with Crippen molar-refractivity contribution in [2.45, 2.75) is 20.8 Å². The minimum atomic E-state index is -0.944. The Balaban J connectivity index is 0. The van der Waals surface area contributed by atoms with Crippen LogP contribution in [0.25, 0.3) is 0 Å². The van der Waals surface area contributed by atoms with Gasteiger partial charge >= 0.3 is 5.97 Å². The lowest BCUT2D eigenvalue weighted by Crippen LogP contribution is -1.83. The Morgan fingerprint density at radius 3 is 2.38 bits per heavy atom. The molecule has 0 aliphatic carbocycles. The second kappa shape index (κ2) is 11.1. The highest BCUT2D eigenvalue weighted by Gasteiger charge is 1.84. The Labute approximate surface area is 83.5 Å². The SMILES string of the molecule is CC.CO/C(C)=C/S/C=C/C(=O)O. The van der Waals surface area contributed by atoms with E-state index in [1.807, 2.05) is 13.8 Å². The van der Waals surface area contributed by atoms with Crippen molar-refractivity contribution >= 4 is 17.7 Å². The summed E-state index contributed by atoms with van der Waals surface area (Å²) >= 11 is 1.27. The fraction of sp³-hybridized carbons (Fsp3) is 0.444. The fourth-order valence-electron chi connectivity index (χ4n) is 0.281. The average Bonchev–Trinajstić information content (AvgIpc) is 2.15. The van der Waals surface area contributed by atoms with Crippen LogP contribution in [0.1, 0.15) is 20.8 Å². The van der Waals surface area contributed by atoms with Gasteiger partial charge in [-0.2, -0.15) is 0 Å². The van der Waals surface area contributed by atoms with E-state index in [1.165, 1.54) is 17.2 Å². The molecule has 0 aromatic heterocycles. The van der Waals surface area contributed by atoms with Crippen LogP contribution in [0, 0.1) is 0 Å². The standard InChI is InChI=1S/C7H10O3S.C2H6/c1-6(10-2)5-11-4-3-7(8)9;1-2/h3-5H,1-2H3,(H,8,9);1-2H3/b4-3+,6-5+;. The van der Waals surface area contributed by atoms with Crippen LogP contribution in [0.2, 0.25) is 0 Å². The monoisotopic (exact) mass is 204 g/mol. The summed E-state index contributed by atoms with van der Waals surface area (Å²) in [6.07, 6.45) is 1.07. The van der Waals surface area contributed by atoms with Gasteiger partial charge in [0.15, 0.2) is 0 Å². The molecule has 13 heavy (non-hydrogen) atoms. The molecular weight excluding hydrogens is 188 g/mol. The maximum atomic E-state index is 9.96. The molecule has 0 aromatic rings. The van der Waals surface area contributed by atoms with E-state index in [0.29, 0.717) is 0 Å².